The molecular weight excluding hydrogens is 344 g/mol. The van der Waals surface area contributed by atoms with Gasteiger partial charge in [-0.25, -0.2) is 0 Å². The molecule has 3 nitrogen and oxygen atoms in total. The van der Waals surface area contributed by atoms with Gasteiger partial charge in [0.25, 0.3) is 0 Å². The highest BCUT2D eigenvalue weighted by Crippen LogP contribution is 2.25. The molecule has 0 aliphatic carbocycles. The molecule has 1 N–H and O–H groups in total. The first kappa shape index (κ1) is 20.2. The molecule has 3 heteroatoms. The molecule has 0 bridgehead atoms. The van der Waals surface area contributed by atoms with Crippen LogP contribution in [-0.4, -0.2) is 11.7 Å². The van der Waals surface area contributed by atoms with Crippen LogP contribution in [0.3, 0.4) is 0 Å². The van der Waals surface area contributed by atoms with Crippen LogP contribution in [0.25, 0.3) is 10.9 Å². The SMILES string of the molecule is CC/C(=C\Cc1cn(CC)c2ccc(CNC(C)c3ccccc3)cc12)OC. The summed E-state index contributed by atoms with van der Waals surface area (Å²) in [4.78, 5) is 0. The number of hydrogen-bond acceptors (Lipinski definition) is 2. The van der Waals surface area contributed by atoms with Gasteiger partial charge in [0.15, 0.2) is 0 Å². The topological polar surface area (TPSA) is 26.2 Å². The fourth-order valence-electron chi connectivity index (χ4n) is 3.68. The van der Waals surface area contributed by atoms with Crippen LogP contribution in [0.15, 0.2) is 66.6 Å². The zero-order valence-corrected chi connectivity index (χ0v) is 17.5. The van der Waals surface area contributed by atoms with Crippen LogP contribution in [-0.2, 0) is 24.2 Å². The van der Waals surface area contributed by atoms with E-state index < -0.39 is 0 Å². The predicted octanol–water partition coefficient (Wildman–Crippen LogP) is 5.99. The summed E-state index contributed by atoms with van der Waals surface area (Å²) in [6.45, 7) is 8.38. The molecule has 0 saturated carbocycles. The standard InChI is InChI=1S/C25H32N2O/c1-5-23(28-4)14-13-22-18-27(6-2)25-15-12-20(16-24(22)25)17-26-19(3)21-10-8-7-9-11-21/h7-12,14-16,18-19,26H,5-6,13,17H2,1-4H3/b23-14+. The molecule has 148 valence electrons. The number of hydrogen-bond donors (Lipinski definition) is 1. The number of aromatic nitrogens is 1. The highest BCUT2D eigenvalue weighted by molar-refractivity contribution is 5.85. The average Bonchev–Trinajstić information content (AvgIpc) is 3.10. The van der Waals surface area contributed by atoms with Crippen LogP contribution in [0.4, 0.5) is 0 Å². The maximum Gasteiger partial charge on any atom is 0.0916 e. The van der Waals surface area contributed by atoms with Crippen LogP contribution in [0.5, 0.6) is 0 Å². The number of aryl methyl sites for hydroxylation is 1. The van der Waals surface area contributed by atoms with E-state index in [1.165, 1.54) is 27.6 Å². The maximum absolute atomic E-state index is 5.44. The van der Waals surface area contributed by atoms with Crippen molar-refractivity contribution in [1.82, 2.24) is 9.88 Å². The Morgan fingerprint density at radius 2 is 1.93 bits per heavy atom. The van der Waals surface area contributed by atoms with Crippen molar-refractivity contribution >= 4 is 10.9 Å². The Kier molecular flexibility index (Phi) is 6.94. The summed E-state index contributed by atoms with van der Waals surface area (Å²) in [5.41, 5.74) is 5.30. The molecule has 0 amide bonds. The second kappa shape index (κ2) is 9.61. The number of rotatable bonds is 9. The zero-order valence-electron chi connectivity index (χ0n) is 17.5. The Labute approximate surface area is 169 Å². The van der Waals surface area contributed by atoms with Gasteiger partial charge in [0.1, 0.15) is 0 Å². The quantitative estimate of drug-likeness (QED) is 0.464. The Morgan fingerprint density at radius 1 is 1.14 bits per heavy atom. The van der Waals surface area contributed by atoms with E-state index in [1.54, 1.807) is 7.11 Å². The molecule has 1 aromatic heterocycles. The third kappa shape index (κ3) is 4.66. The minimum absolute atomic E-state index is 0.327. The van der Waals surface area contributed by atoms with Crippen LogP contribution >= 0.6 is 0 Å². The van der Waals surface area contributed by atoms with Crippen molar-refractivity contribution in [3.63, 3.8) is 0 Å². The summed E-state index contributed by atoms with van der Waals surface area (Å²) in [6.07, 6.45) is 6.32. The van der Waals surface area contributed by atoms with Crippen LogP contribution in [0.1, 0.15) is 49.9 Å². The molecule has 1 heterocycles. The average molecular weight is 377 g/mol. The summed E-state index contributed by atoms with van der Waals surface area (Å²) in [5.74, 6) is 1.05. The van der Waals surface area contributed by atoms with Crippen molar-refractivity contribution < 1.29 is 4.74 Å². The van der Waals surface area contributed by atoms with Crippen molar-refractivity contribution in [1.29, 1.82) is 0 Å². The number of allylic oxidation sites excluding steroid dienone is 2. The molecule has 0 fully saturated rings. The zero-order chi connectivity index (χ0) is 19.9. The van der Waals surface area contributed by atoms with Gasteiger partial charge in [0.2, 0.25) is 0 Å². The van der Waals surface area contributed by atoms with Crippen LogP contribution < -0.4 is 5.32 Å². The van der Waals surface area contributed by atoms with Gasteiger partial charge in [0, 0.05) is 42.7 Å². The summed E-state index contributed by atoms with van der Waals surface area (Å²) in [6, 6.07) is 17.8. The van der Waals surface area contributed by atoms with Crippen molar-refractivity contribution in [3.05, 3.63) is 83.3 Å². The third-order valence-electron chi connectivity index (χ3n) is 5.44. The lowest BCUT2D eigenvalue weighted by Crippen LogP contribution is -2.17. The second-order valence-corrected chi connectivity index (χ2v) is 7.24. The minimum Gasteiger partial charge on any atom is -0.501 e. The number of ether oxygens (including phenoxy) is 1. The third-order valence-corrected chi connectivity index (χ3v) is 5.44. The highest BCUT2D eigenvalue weighted by Gasteiger charge is 2.10. The molecule has 0 aliphatic rings. The van der Waals surface area contributed by atoms with E-state index >= 15 is 0 Å². The van der Waals surface area contributed by atoms with E-state index in [0.717, 1.165) is 31.7 Å². The van der Waals surface area contributed by atoms with Gasteiger partial charge in [0.05, 0.1) is 12.9 Å². The van der Waals surface area contributed by atoms with Crippen LogP contribution in [0.2, 0.25) is 0 Å². The Bertz CT molecular complexity index is 918. The van der Waals surface area contributed by atoms with Gasteiger partial charge in [-0.1, -0.05) is 43.3 Å². The smallest absolute Gasteiger partial charge is 0.0916 e. The Hall–Kier alpha value is -2.52. The molecule has 28 heavy (non-hydrogen) atoms. The molecule has 0 aliphatic heterocycles. The maximum atomic E-state index is 5.44. The first-order valence-electron chi connectivity index (χ1n) is 10.3. The van der Waals surface area contributed by atoms with Gasteiger partial charge in [-0.15, -0.1) is 0 Å². The fourth-order valence-corrected chi connectivity index (χ4v) is 3.68. The van der Waals surface area contributed by atoms with E-state index in [1.807, 2.05) is 0 Å². The summed E-state index contributed by atoms with van der Waals surface area (Å²) < 4.78 is 7.78. The normalized spacial score (nSPS) is 13.1. The van der Waals surface area contributed by atoms with Crippen LogP contribution in [0, 0.1) is 0 Å². The number of methoxy groups -OCH3 is 1. The van der Waals surface area contributed by atoms with E-state index in [0.29, 0.717) is 6.04 Å². The molecule has 3 aromatic rings. The number of benzene rings is 2. The summed E-state index contributed by atoms with van der Waals surface area (Å²) in [5, 5.41) is 4.99. The summed E-state index contributed by atoms with van der Waals surface area (Å²) in [7, 11) is 1.75. The van der Waals surface area contributed by atoms with Gasteiger partial charge < -0.3 is 14.6 Å². The largest absolute Gasteiger partial charge is 0.501 e. The molecule has 3 rings (SSSR count). The number of fused-ring (bicyclic) bond motifs is 1. The molecule has 1 unspecified atom stereocenters. The first-order valence-corrected chi connectivity index (χ1v) is 10.3. The van der Waals surface area contributed by atoms with Crippen molar-refractivity contribution in [2.75, 3.05) is 7.11 Å². The highest BCUT2D eigenvalue weighted by atomic mass is 16.5. The van der Waals surface area contributed by atoms with Gasteiger partial charge >= 0.3 is 0 Å². The predicted molar refractivity (Wildman–Crippen MR) is 118 cm³/mol. The lowest BCUT2D eigenvalue weighted by Gasteiger charge is -2.14. The van der Waals surface area contributed by atoms with E-state index in [-0.39, 0.29) is 0 Å². The molecule has 0 saturated heterocycles. The van der Waals surface area contributed by atoms with Gasteiger partial charge in [-0.05, 0) is 55.2 Å². The monoisotopic (exact) mass is 376 g/mol. The van der Waals surface area contributed by atoms with E-state index in [9.17, 15) is 0 Å². The molecule has 2 aromatic carbocycles. The van der Waals surface area contributed by atoms with Crippen molar-refractivity contribution in [2.45, 2.75) is 52.7 Å². The Balaban J connectivity index is 1.81. The Morgan fingerprint density at radius 3 is 2.61 bits per heavy atom. The lowest BCUT2D eigenvalue weighted by atomic mass is 10.1. The van der Waals surface area contributed by atoms with E-state index in [4.69, 9.17) is 4.74 Å². The van der Waals surface area contributed by atoms with Gasteiger partial charge in [-0.2, -0.15) is 0 Å². The molecule has 0 radical (unpaired) electrons. The second-order valence-electron chi connectivity index (χ2n) is 7.24. The molecule has 1 atom stereocenters. The van der Waals surface area contributed by atoms with Gasteiger partial charge in [-0.3, -0.25) is 0 Å². The molecule has 0 spiro atoms. The number of nitrogens with zero attached hydrogens (tertiary/aromatic N) is 1. The summed E-state index contributed by atoms with van der Waals surface area (Å²) >= 11 is 0. The van der Waals surface area contributed by atoms with E-state index in [2.05, 4.69) is 91.5 Å². The van der Waals surface area contributed by atoms with Crippen molar-refractivity contribution in [3.8, 4) is 0 Å². The first-order chi connectivity index (χ1) is 13.7. The fraction of sp³-hybridized carbons (Fsp3) is 0.360. The number of nitrogens with one attached hydrogen (secondary N) is 1. The van der Waals surface area contributed by atoms with Crippen molar-refractivity contribution in [2.24, 2.45) is 0 Å². The minimum atomic E-state index is 0.327. The lowest BCUT2D eigenvalue weighted by molar-refractivity contribution is 0.279. The molecular formula is C25H32N2O.